The summed E-state index contributed by atoms with van der Waals surface area (Å²) in [5.74, 6) is -2.38. The number of rotatable bonds is 10. The fourth-order valence-electron chi connectivity index (χ4n) is 5.00. The molecule has 0 aliphatic carbocycles. The third-order valence-corrected chi connectivity index (χ3v) is 7.81. The molecule has 196 valence electrons. The van der Waals surface area contributed by atoms with Crippen LogP contribution in [0.3, 0.4) is 0 Å². The molecule has 1 aliphatic heterocycles. The van der Waals surface area contributed by atoms with Gasteiger partial charge in [-0.3, -0.25) is 9.59 Å². The topological polar surface area (TPSA) is 91.3 Å². The SMILES string of the molecule is CCOC(=O)/C=C/[C@@](C)(c1ccccc1)C1(CC(C(=O)OC)C(=O)OC)C(SCC)=Nc2ccccc21. The van der Waals surface area contributed by atoms with Crippen molar-refractivity contribution in [3.63, 3.8) is 0 Å². The molecule has 0 amide bonds. The minimum absolute atomic E-state index is 0.0216. The molecule has 0 fully saturated rings. The quantitative estimate of drug-likeness (QED) is 0.184. The highest BCUT2D eigenvalue weighted by Gasteiger charge is 2.58. The smallest absolute Gasteiger partial charge is 0.330 e. The summed E-state index contributed by atoms with van der Waals surface area (Å²) in [4.78, 5) is 43.5. The van der Waals surface area contributed by atoms with Gasteiger partial charge >= 0.3 is 17.9 Å². The molecule has 0 saturated heterocycles. The zero-order valence-corrected chi connectivity index (χ0v) is 22.7. The molecule has 1 unspecified atom stereocenters. The van der Waals surface area contributed by atoms with Gasteiger partial charge in [-0.2, -0.15) is 0 Å². The van der Waals surface area contributed by atoms with E-state index in [1.807, 2.05) is 68.4 Å². The molecular weight excluding hydrogens is 490 g/mol. The summed E-state index contributed by atoms with van der Waals surface area (Å²) >= 11 is 1.54. The number of carbonyl (C=O) groups excluding carboxylic acids is 3. The first-order valence-electron chi connectivity index (χ1n) is 12.2. The molecule has 2 aromatic carbocycles. The largest absolute Gasteiger partial charge is 0.468 e. The van der Waals surface area contributed by atoms with Crippen molar-refractivity contribution in [1.82, 2.24) is 0 Å². The van der Waals surface area contributed by atoms with Crippen LogP contribution in [0.1, 0.15) is 38.3 Å². The second-order valence-electron chi connectivity index (χ2n) is 8.73. The molecule has 0 bridgehead atoms. The first kappa shape index (κ1) is 28.2. The number of carbonyl (C=O) groups is 3. The number of esters is 3. The van der Waals surface area contributed by atoms with E-state index in [1.165, 1.54) is 20.3 Å². The van der Waals surface area contributed by atoms with Crippen molar-refractivity contribution in [2.24, 2.45) is 10.9 Å². The molecule has 1 heterocycles. The van der Waals surface area contributed by atoms with Crippen molar-refractivity contribution in [3.8, 4) is 0 Å². The van der Waals surface area contributed by atoms with Crippen LogP contribution < -0.4 is 0 Å². The summed E-state index contributed by atoms with van der Waals surface area (Å²) in [7, 11) is 2.50. The number of benzene rings is 2. The van der Waals surface area contributed by atoms with Crippen molar-refractivity contribution < 1.29 is 28.6 Å². The summed E-state index contributed by atoms with van der Waals surface area (Å²) in [6.45, 7) is 6.01. The van der Waals surface area contributed by atoms with E-state index in [-0.39, 0.29) is 13.0 Å². The maximum Gasteiger partial charge on any atom is 0.330 e. The highest BCUT2D eigenvalue weighted by Crippen LogP contribution is 2.58. The number of methoxy groups -OCH3 is 2. The Balaban J connectivity index is 2.41. The molecule has 0 saturated carbocycles. The fourth-order valence-corrected chi connectivity index (χ4v) is 6.09. The lowest BCUT2D eigenvalue weighted by Gasteiger charge is -2.47. The van der Waals surface area contributed by atoms with E-state index in [0.29, 0.717) is 5.75 Å². The Kier molecular flexibility index (Phi) is 9.32. The van der Waals surface area contributed by atoms with E-state index in [1.54, 1.807) is 24.8 Å². The summed E-state index contributed by atoms with van der Waals surface area (Å²) in [5, 5.41) is 0.744. The number of allylic oxidation sites excluding steroid dienone is 1. The van der Waals surface area contributed by atoms with Crippen LogP contribution in [-0.4, -0.2) is 49.5 Å². The Labute approximate surface area is 222 Å². The van der Waals surface area contributed by atoms with Gasteiger partial charge in [0.25, 0.3) is 0 Å². The lowest BCUT2D eigenvalue weighted by molar-refractivity contribution is -0.159. The summed E-state index contributed by atoms with van der Waals surface area (Å²) in [5.41, 5.74) is 0.531. The highest BCUT2D eigenvalue weighted by molar-refractivity contribution is 8.14. The number of nitrogens with zero attached hydrogens (tertiary/aromatic N) is 1. The predicted octanol–water partition coefficient (Wildman–Crippen LogP) is 5.15. The average molecular weight is 524 g/mol. The highest BCUT2D eigenvalue weighted by atomic mass is 32.2. The Morgan fingerprint density at radius 1 is 1.00 bits per heavy atom. The maximum atomic E-state index is 13.0. The molecule has 0 spiro atoms. The van der Waals surface area contributed by atoms with Gasteiger partial charge in [-0.15, -0.1) is 11.8 Å². The van der Waals surface area contributed by atoms with E-state index in [4.69, 9.17) is 19.2 Å². The Morgan fingerprint density at radius 3 is 2.22 bits per heavy atom. The second kappa shape index (κ2) is 12.2. The van der Waals surface area contributed by atoms with Gasteiger partial charge in [0.2, 0.25) is 0 Å². The Bertz CT molecular complexity index is 1180. The summed E-state index contributed by atoms with van der Waals surface area (Å²) in [6.07, 6.45) is 3.24. The number of para-hydroxylation sites is 1. The normalized spacial score (nSPS) is 18.2. The standard InChI is InChI=1S/C29H33NO6S/c1-6-36-24(31)17-18-28(3,20-13-9-8-10-14-20)29(19-21(25(32)34-4)26(33)35-5)22-15-11-12-16-23(22)30-27(29)37-7-2/h8-18,21H,6-7,19H2,1-5H3/b18-17+/t28-,29?/m0/s1. The summed E-state index contributed by atoms with van der Waals surface area (Å²) < 4.78 is 15.3. The molecular formula is C29H33NO6S. The van der Waals surface area contributed by atoms with Gasteiger partial charge in [-0.25, -0.2) is 9.79 Å². The van der Waals surface area contributed by atoms with Gasteiger partial charge < -0.3 is 14.2 Å². The molecule has 0 N–H and O–H groups in total. The van der Waals surface area contributed by atoms with Gasteiger partial charge in [-0.1, -0.05) is 68.5 Å². The predicted molar refractivity (Wildman–Crippen MR) is 145 cm³/mol. The minimum atomic E-state index is -1.22. The van der Waals surface area contributed by atoms with E-state index in [2.05, 4.69) is 0 Å². The minimum Gasteiger partial charge on any atom is -0.468 e. The molecule has 2 atom stereocenters. The van der Waals surface area contributed by atoms with Crippen molar-refractivity contribution in [1.29, 1.82) is 0 Å². The van der Waals surface area contributed by atoms with Gasteiger partial charge in [-0.05, 0) is 36.3 Å². The van der Waals surface area contributed by atoms with Gasteiger partial charge in [0.15, 0.2) is 5.92 Å². The number of hydrogen-bond acceptors (Lipinski definition) is 8. The first-order valence-corrected chi connectivity index (χ1v) is 13.2. The fraction of sp³-hybridized carbons (Fsp3) is 0.379. The summed E-state index contributed by atoms with van der Waals surface area (Å²) in [6, 6.07) is 17.4. The van der Waals surface area contributed by atoms with Crippen molar-refractivity contribution >= 4 is 40.4 Å². The lowest BCUT2D eigenvalue weighted by Crippen LogP contribution is -2.52. The van der Waals surface area contributed by atoms with Crippen LogP contribution in [0.2, 0.25) is 0 Å². The third-order valence-electron chi connectivity index (χ3n) is 6.81. The van der Waals surface area contributed by atoms with E-state index in [9.17, 15) is 14.4 Å². The molecule has 3 rings (SSSR count). The number of aliphatic imine (C=N–C) groups is 1. The average Bonchev–Trinajstić information content (AvgIpc) is 3.24. The van der Waals surface area contributed by atoms with E-state index < -0.39 is 34.7 Å². The Morgan fingerprint density at radius 2 is 1.62 bits per heavy atom. The molecule has 0 radical (unpaired) electrons. The number of hydrogen-bond donors (Lipinski definition) is 0. The zero-order valence-electron chi connectivity index (χ0n) is 21.9. The van der Waals surface area contributed by atoms with Crippen LogP contribution in [0.4, 0.5) is 5.69 Å². The van der Waals surface area contributed by atoms with Crippen molar-refractivity contribution in [3.05, 3.63) is 77.9 Å². The second-order valence-corrected chi connectivity index (χ2v) is 9.98. The Hall–Kier alpha value is -3.39. The molecule has 7 nitrogen and oxygen atoms in total. The van der Waals surface area contributed by atoms with Crippen LogP contribution in [0.5, 0.6) is 0 Å². The third kappa shape index (κ3) is 5.34. The van der Waals surface area contributed by atoms with E-state index in [0.717, 1.165) is 21.9 Å². The number of fused-ring (bicyclic) bond motifs is 1. The maximum absolute atomic E-state index is 13.0. The van der Waals surface area contributed by atoms with Crippen LogP contribution in [0.25, 0.3) is 0 Å². The van der Waals surface area contributed by atoms with E-state index >= 15 is 0 Å². The molecule has 0 aromatic heterocycles. The van der Waals surface area contributed by atoms with Crippen LogP contribution >= 0.6 is 11.8 Å². The first-order chi connectivity index (χ1) is 17.8. The monoisotopic (exact) mass is 523 g/mol. The van der Waals surface area contributed by atoms with Crippen molar-refractivity contribution in [2.75, 3.05) is 26.6 Å². The van der Waals surface area contributed by atoms with Gasteiger partial charge in [0, 0.05) is 11.5 Å². The van der Waals surface area contributed by atoms with Crippen LogP contribution in [-0.2, 0) is 39.4 Å². The number of ether oxygens (including phenoxy) is 3. The molecule has 8 heteroatoms. The lowest BCUT2D eigenvalue weighted by atomic mass is 9.55. The molecule has 2 aromatic rings. The van der Waals surface area contributed by atoms with Gasteiger partial charge in [0.05, 0.1) is 37.0 Å². The van der Waals surface area contributed by atoms with Gasteiger partial charge in [0.1, 0.15) is 0 Å². The van der Waals surface area contributed by atoms with Crippen LogP contribution in [0, 0.1) is 5.92 Å². The number of thioether (sulfide) groups is 1. The van der Waals surface area contributed by atoms with Crippen molar-refractivity contribution in [2.45, 2.75) is 38.0 Å². The molecule has 37 heavy (non-hydrogen) atoms. The zero-order chi connectivity index (χ0) is 27.1. The van der Waals surface area contributed by atoms with Crippen LogP contribution in [0.15, 0.2) is 71.7 Å². The molecule has 1 aliphatic rings.